The molecular formula is C16H9IN2O5S. The van der Waals surface area contributed by atoms with Gasteiger partial charge in [0.1, 0.15) is 11.3 Å². The van der Waals surface area contributed by atoms with E-state index in [2.05, 4.69) is 5.32 Å². The lowest BCUT2D eigenvalue weighted by molar-refractivity contribution is -0.122. The number of carboxylic acid groups (broad SMARTS) is 1. The maximum atomic E-state index is 12.8. The van der Waals surface area contributed by atoms with E-state index in [1.807, 2.05) is 22.6 Å². The van der Waals surface area contributed by atoms with E-state index in [9.17, 15) is 14.4 Å². The molecule has 1 aliphatic rings. The van der Waals surface area contributed by atoms with Crippen molar-refractivity contribution in [3.63, 3.8) is 0 Å². The van der Waals surface area contributed by atoms with Gasteiger partial charge in [0, 0.05) is 0 Å². The summed E-state index contributed by atoms with van der Waals surface area (Å²) in [6, 6.07) is 9.03. The summed E-state index contributed by atoms with van der Waals surface area (Å²) in [6.45, 7) is 0. The maximum Gasteiger partial charge on any atom is 0.335 e. The van der Waals surface area contributed by atoms with Gasteiger partial charge in [0.2, 0.25) is 0 Å². The molecule has 0 unspecified atom stereocenters. The number of carbonyl (C=O) groups is 3. The van der Waals surface area contributed by atoms with Gasteiger partial charge in [0.15, 0.2) is 8.88 Å². The normalized spacial score (nSPS) is 16.3. The average Bonchev–Trinajstić information content (AvgIpc) is 2.97. The van der Waals surface area contributed by atoms with Crippen LogP contribution in [0.15, 0.2) is 46.4 Å². The summed E-state index contributed by atoms with van der Waals surface area (Å²) in [5, 5.41) is 11.4. The van der Waals surface area contributed by atoms with Crippen LogP contribution >= 0.6 is 34.8 Å². The monoisotopic (exact) mass is 468 g/mol. The van der Waals surface area contributed by atoms with Crippen LogP contribution in [0, 0.1) is 3.77 Å². The second-order valence-corrected chi connectivity index (χ2v) is 6.41. The van der Waals surface area contributed by atoms with E-state index in [0.717, 1.165) is 4.90 Å². The quantitative estimate of drug-likeness (QED) is 0.311. The molecule has 1 aliphatic heterocycles. The Labute approximate surface area is 160 Å². The molecule has 7 nitrogen and oxygen atoms in total. The number of aromatic carboxylic acids is 1. The number of carboxylic acids is 1. The first kappa shape index (κ1) is 17.3. The lowest BCUT2D eigenvalue weighted by Gasteiger charge is -2.28. The fraction of sp³-hybridized carbons (Fsp3) is 0. The van der Waals surface area contributed by atoms with Gasteiger partial charge in [-0.15, -0.1) is 0 Å². The zero-order valence-corrected chi connectivity index (χ0v) is 15.3. The van der Waals surface area contributed by atoms with Gasteiger partial charge in [-0.05, 0) is 71.2 Å². The van der Waals surface area contributed by atoms with Crippen molar-refractivity contribution in [2.45, 2.75) is 0 Å². The van der Waals surface area contributed by atoms with E-state index in [1.54, 1.807) is 12.1 Å². The minimum Gasteiger partial charge on any atom is -0.478 e. The summed E-state index contributed by atoms with van der Waals surface area (Å²) < 4.78 is 5.96. The predicted molar refractivity (Wildman–Crippen MR) is 101 cm³/mol. The third-order valence-corrected chi connectivity index (χ3v) is 4.20. The molecule has 1 aromatic carbocycles. The summed E-state index contributed by atoms with van der Waals surface area (Å²) in [7, 11) is 0. The number of hydrogen-bond acceptors (Lipinski definition) is 5. The number of nitrogens with one attached hydrogen (secondary N) is 1. The van der Waals surface area contributed by atoms with Crippen molar-refractivity contribution in [2.75, 3.05) is 4.90 Å². The van der Waals surface area contributed by atoms with Crippen LogP contribution < -0.4 is 10.2 Å². The molecule has 2 N–H and O–H groups in total. The first-order valence-electron chi connectivity index (χ1n) is 6.87. The molecule has 25 heavy (non-hydrogen) atoms. The minimum atomic E-state index is -1.14. The number of carbonyl (C=O) groups excluding carboxylic acids is 2. The third kappa shape index (κ3) is 3.46. The zero-order valence-electron chi connectivity index (χ0n) is 12.4. The molecule has 1 saturated heterocycles. The van der Waals surface area contributed by atoms with Gasteiger partial charge in [-0.25, -0.2) is 4.79 Å². The molecule has 9 heteroatoms. The molecule has 2 heterocycles. The SMILES string of the molecule is O=C1NC(=S)N(c2cccc(C(=O)O)c2)C(=O)C1=Cc1ccc(I)o1. The Kier molecular flexibility index (Phi) is 4.68. The summed E-state index contributed by atoms with van der Waals surface area (Å²) in [4.78, 5) is 37.1. The number of hydrogen-bond donors (Lipinski definition) is 2. The van der Waals surface area contributed by atoms with Crippen molar-refractivity contribution < 1.29 is 23.9 Å². The molecule has 3 rings (SSSR count). The van der Waals surface area contributed by atoms with Crippen molar-refractivity contribution in [1.29, 1.82) is 0 Å². The maximum absolute atomic E-state index is 12.8. The minimum absolute atomic E-state index is 0.00359. The Balaban J connectivity index is 2.02. The summed E-state index contributed by atoms with van der Waals surface area (Å²) in [5.74, 6) is -2.10. The summed E-state index contributed by atoms with van der Waals surface area (Å²) in [6.07, 6.45) is 1.32. The first-order chi connectivity index (χ1) is 11.9. The van der Waals surface area contributed by atoms with E-state index in [1.165, 1.54) is 30.3 Å². The Bertz CT molecular complexity index is 950. The van der Waals surface area contributed by atoms with Gasteiger partial charge in [-0.2, -0.15) is 0 Å². The topological polar surface area (TPSA) is 99.9 Å². The Morgan fingerprint density at radius 2 is 2.04 bits per heavy atom. The van der Waals surface area contributed by atoms with E-state index in [0.29, 0.717) is 9.53 Å². The number of anilines is 1. The summed E-state index contributed by atoms with van der Waals surface area (Å²) in [5.41, 5.74) is 0.0750. The van der Waals surface area contributed by atoms with E-state index >= 15 is 0 Å². The number of benzene rings is 1. The second-order valence-electron chi connectivity index (χ2n) is 4.96. The number of amides is 2. The Morgan fingerprint density at radius 3 is 2.68 bits per heavy atom. The summed E-state index contributed by atoms with van der Waals surface area (Å²) >= 11 is 7.03. The highest BCUT2D eigenvalue weighted by molar-refractivity contribution is 14.1. The Hall–Kier alpha value is -2.53. The van der Waals surface area contributed by atoms with Crippen LogP contribution in [0.25, 0.3) is 6.08 Å². The van der Waals surface area contributed by atoms with Crippen LogP contribution in [0.4, 0.5) is 5.69 Å². The third-order valence-electron chi connectivity index (χ3n) is 3.33. The number of thiocarbonyl (C=S) groups is 1. The number of furan rings is 1. The molecule has 0 spiro atoms. The van der Waals surface area contributed by atoms with Crippen LogP contribution in [0.3, 0.4) is 0 Å². The van der Waals surface area contributed by atoms with Crippen molar-refractivity contribution >= 4 is 69.5 Å². The van der Waals surface area contributed by atoms with Gasteiger partial charge < -0.3 is 9.52 Å². The molecule has 0 aliphatic carbocycles. The standard InChI is InChI=1S/C16H9IN2O5S/c17-12-5-4-10(24-12)7-11-13(20)18-16(25)19(14(11)21)9-3-1-2-8(6-9)15(22)23/h1-7H,(H,22,23)(H,18,20,25). The second kappa shape index (κ2) is 6.76. The average molecular weight is 468 g/mol. The van der Waals surface area contributed by atoms with E-state index in [4.69, 9.17) is 21.7 Å². The van der Waals surface area contributed by atoms with Crippen LogP contribution in [-0.2, 0) is 9.59 Å². The molecule has 0 saturated carbocycles. The molecule has 0 bridgehead atoms. The van der Waals surface area contributed by atoms with Gasteiger partial charge in [-0.3, -0.25) is 19.8 Å². The lowest BCUT2D eigenvalue weighted by Crippen LogP contribution is -2.54. The van der Waals surface area contributed by atoms with Crippen molar-refractivity contribution in [1.82, 2.24) is 5.32 Å². The van der Waals surface area contributed by atoms with Gasteiger partial charge in [0.05, 0.1) is 11.3 Å². The fourth-order valence-corrected chi connectivity index (χ4v) is 2.93. The van der Waals surface area contributed by atoms with Crippen LogP contribution in [0.1, 0.15) is 16.1 Å². The molecule has 1 aromatic heterocycles. The number of nitrogens with zero attached hydrogens (tertiary/aromatic N) is 1. The van der Waals surface area contributed by atoms with Crippen LogP contribution in [0.5, 0.6) is 0 Å². The highest BCUT2D eigenvalue weighted by Gasteiger charge is 2.35. The Morgan fingerprint density at radius 1 is 1.28 bits per heavy atom. The molecule has 1 fully saturated rings. The molecule has 126 valence electrons. The lowest BCUT2D eigenvalue weighted by atomic mass is 10.1. The van der Waals surface area contributed by atoms with Crippen molar-refractivity contribution in [2.24, 2.45) is 0 Å². The number of rotatable bonds is 3. The smallest absolute Gasteiger partial charge is 0.335 e. The molecule has 0 atom stereocenters. The molecule has 0 radical (unpaired) electrons. The fourth-order valence-electron chi connectivity index (χ4n) is 2.22. The number of halogens is 1. The van der Waals surface area contributed by atoms with Crippen molar-refractivity contribution in [3.05, 3.63) is 57.1 Å². The predicted octanol–water partition coefficient (Wildman–Crippen LogP) is 2.41. The molecule has 2 amide bonds. The molecule has 2 aromatic rings. The van der Waals surface area contributed by atoms with Gasteiger partial charge in [-0.1, -0.05) is 6.07 Å². The van der Waals surface area contributed by atoms with Crippen LogP contribution in [0.2, 0.25) is 0 Å². The van der Waals surface area contributed by atoms with Crippen molar-refractivity contribution in [3.8, 4) is 0 Å². The van der Waals surface area contributed by atoms with Gasteiger partial charge >= 0.3 is 5.97 Å². The van der Waals surface area contributed by atoms with Crippen LogP contribution in [-0.4, -0.2) is 28.0 Å². The van der Waals surface area contributed by atoms with E-state index in [-0.39, 0.29) is 21.9 Å². The van der Waals surface area contributed by atoms with E-state index < -0.39 is 17.8 Å². The highest BCUT2D eigenvalue weighted by Crippen LogP contribution is 2.23. The first-order valence-corrected chi connectivity index (χ1v) is 8.35. The zero-order chi connectivity index (χ0) is 18.1. The largest absolute Gasteiger partial charge is 0.478 e. The molecular weight excluding hydrogens is 459 g/mol. The highest BCUT2D eigenvalue weighted by atomic mass is 127. The van der Waals surface area contributed by atoms with Gasteiger partial charge in [0.25, 0.3) is 11.8 Å².